The maximum absolute atomic E-state index is 8.45. The van der Waals surface area contributed by atoms with E-state index in [1.165, 1.54) is 5.37 Å². The van der Waals surface area contributed by atoms with Gasteiger partial charge in [0.2, 0.25) is 0 Å². The minimum absolute atomic E-state index is 0.448. The van der Waals surface area contributed by atoms with E-state index >= 15 is 0 Å². The molecule has 0 atom stereocenters. The number of hydrogen-bond acceptors (Lipinski definition) is 4. The van der Waals surface area contributed by atoms with Crippen LogP contribution in [0.5, 0.6) is 0 Å². The molecule has 0 saturated carbocycles. The van der Waals surface area contributed by atoms with E-state index in [1.54, 1.807) is 6.20 Å². The third-order valence-corrected chi connectivity index (χ3v) is 1.62. The molecule has 0 saturated heterocycles. The Morgan fingerprint density at radius 2 is 2.50 bits per heavy atom. The van der Waals surface area contributed by atoms with Crippen LogP contribution in [0.3, 0.4) is 0 Å². The van der Waals surface area contributed by atoms with Gasteiger partial charge in [-0.15, -0.1) is 0 Å². The molecular weight excluding hydrogens is 172 g/mol. The lowest BCUT2D eigenvalue weighted by molar-refractivity contribution is 0.319. The molecule has 12 heavy (non-hydrogen) atoms. The van der Waals surface area contributed by atoms with E-state index in [0.717, 1.165) is 5.69 Å². The number of hydrogen-bond donors (Lipinski definition) is 1. The van der Waals surface area contributed by atoms with Crippen LogP contribution < -0.4 is 0 Å². The van der Waals surface area contributed by atoms with Crippen LogP contribution in [0.25, 0.3) is 0 Å². The first-order valence-corrected chi connectivity index (χ1v) is 3.90. The van der Waals surface area contributed by atoms with Crippen LogP contribution in [0.15, 0.2) is 29.6 Å². The first kappa shape index (κ1) is 8.80. The molecule has 4 heteroatoms. The van der Waals surface area contributed by atoms with E-state index in [0.29, 0.717) is 12.1 Å². The van der Waals surface area contributed by atoms with Crippen molar-refractivity contribution in [2.45, 2.75) is 6.42 Å². The lowest BCUT2D eigenvalue weighted by atomic mass is 10.2. The Kier molecular flexibility index (Phi) is 3.35. The van der Waals surface area contributed by atoms with Crippen molar-refractivity contribution in [1.82, 2.24) is 4.98 Å². The quantitative estimate of drug-likeness (QED) is 0.331. The molecular formula is C8H8N2OS. The van der Waals surface area contributed by atoms with Gasteiger partial charge in [-0.3, -0.25) is 4.98 Å². The zero-order chi connectivity index (χ0) is 8.81. The molecule has 3 nitrogen and oxygen atoms in total. The molecule has 62 valence electrons. The Balaban J connectivity index is 2.70. The van der Waals surface area contributed by atoms with Gasteiger partial charge in [-0.05, 0) is 12.1 Å². The van der Waals surface area contributed by atoms with Crippen molar-refractivity contribution < 1.29 is 5.21 Å². The fourth-order valence-corrected chi connectivity index (χ4v) is 0.919. The van der Waals surface area contributed by atoms with E-state index in [9.17, 15) is 0 Å². The molecule has 0 amide bonds. The molecule has 0 unspecified atom stereocenters. The van der Waals surface area contributed by atoms with Gasteiger partial charge in [-0.1, -0.05) is 23.4 Å². The summed E-state index contributed by atoms with van der Waals surface area (Å²) in [6.07, 6.45) is 2.16. The minimum atomic E-state index is 0.448. The monoisotopic (exact) mass is 180 g/mol. The van der Waals surface area contributed by atoms with Gasteiger partial charge in [0, 0.05) is 23.7 Å². The Morgan fingerprint density at radius 3 is 3.00 bits per heavy atom. The molecule has 0 fully saturated rings. The SMILES string of the molecule is ON=C(C=S)Cc1ccccn1. The van der Waals surface area contributed by atoms with Gasteiger partial charge >= 0.3 is 0 Å². The lowest BCUT2D eigenvalue weighted by Crippen LogP contribution is -2.04. The predicted molar refractivity (Wildman–Crippen MR) is 50.8 cm³/mol. The molecule has 1 rings (SSSR count). The van der Waals surface area contributed by atoms with Crippen molar-refractivity contribution in [3.8, 4) is 0 Å². The van der Waals surface area contributed by atoms with Crippen LogP contribution in [-0.2, 0) is 6.42 Å². The van der Waals surface area contributed by atoms with Crippen LogP contribution in [-0.4, -0.2) is 21.3 Å². The highest BCUT2D eigenvalue weighted by Crippen LogP contribution is 1.95. The topological polar surface area (TPSA) is 45.5 Å². The number of nitrogens with zero attached hydrogens (tertiary/aromatic N) is 2. The van der Waals surface area contributed by atoms with Crippen molar-refractivity contribution in [2.75, 3.05) is 0 Å². The fourth-order valence-electron chi connectivity index (χ4n) is 0.789. The highest BCUT2D eigenvalue weighted by molar-refractivity contribution is 7.80. The summed E-state index contributed by atoms with van der Waals surface area (Å²) in [7, 11) is 0. The normalized spacial score (nSPS) is 11.2. The number of rotatable bonds is 3. The molecule has 0 bridgehead atoms. The zero-order valence-corrected chi connectivity index (χ0v) is 7.16. The van der Waals surface area contributed by atoms with E-state index in [1.807, 2.05) is 18.2 Å². The van der Waals surface area contributed by atoms with Gasteiger partial charge < -0.3 is 5.21 Å². The van der Waals surface area contributed by atoms with Crippen LogP contribution in [0.1, 0.15) is 5.69 Å². The molecule has 0 spiro atoms. The maximum atomic E-state index is 8.45. The van der Waals surface area contributed by atoms with E-state index in [-0.39, 0.29) is 0 Å². The number of thiocarbonyl (C=S) groups is 1. The van der Waals surface area contributed by atoms with E-state index in [4.69, 9.17) is 5.21 Å². The molecule has 0 radical (unpaired) electrons. The third-order valence-electron chi connectivity index (χ3n) is 1.35. The molecule has 0 aromatic carbocycles. The van der Waals surface area contributed by atoms with Crippen LogP contribution in [0.2, 0.25) is 0 Å². The molecule has 1 aromatic heterocycles. The summed E-state index contributed by atoms with van der Waals surface area (Å²) in [5.41, 5.74) is 1.29. The summed E-state index contributed by atoms with van der Waals surface area (Å²) in [5, 5.41) is 12.8. The number of aromatic nitrogens is 1. The van der Waals surface area contributed by atoms with Crippen LogP contribution in [0.4, 0.5) is 0 Å². The molecule has 1 N–H and O–H groups in total. The largest absolute Gasteiger partial charge is 0.411 e. The van der Waals surface area contributed by atoms with E-state index in [2.05, 4.69) is 22.4 Å². The first-order chi connectivity index (χ1) is 5.86. The van der Waals surface area contributed by atoms with Gasteiger partial charge in [0.1, 0.15) is 0 Å². The van der Waals surface area contributed by atoms with E-state index < -0.39 is 0 Å². The summed E-state index contributed by atoms with van der Waals surface area (Å²) in [6.45, 7) is 0. The van der Waals surface area contributed by atoms with Gasteiger partial charge in [0.15, 0.2) is 0 Å². The maximum Gasteiger partial charge on any atom is 0.0962 e. The predicted octanol–water partition coefficient (Wildman–Crippen LogP) is 1.45. The standard InChI is InChI=1S/C8H8N2OS/c11-10-8(6-12)5-7-3-1-2-4-9-7/h1-4,6,11H,5H2. The number of oxime groups is 1. The summed E-state index contributed by atoms with van der Waals surface area (Å²) < 4.78 is 0. The second-order valence-electron chi connectivity index (χ2n) is 2.21. The fraction of sp³-hybridized carbons (Fsp3) is 0.125. The summed E-state index contributed by atoms with van der Waals surface area (Å²) in [6, 6.07) is 5.56. The van der Waals surface area contributed by atoms with Gasteiger partial charge in [-0.2, -0.15) is 0 Å². The molecule has 1 heterocycles. The highest BCUT2D eigenvalue weighted by Gasteiger charge is 1.98. The molecule has 0 aliphatic heterocycles. The summed E-state index contributed by atoms with van der Waals surface area (Å²) in [5.74, 6) is 0. The second kappa shape index (κ2) is 4.56. The smallest absolute Gasteiger partial charge is 0.0962 e. The second-order valence-corrected chi connectivity index (χ2v) is 2.44. The van der Waals surface area contributed by atoms with Crippen molar-refractivity contribution >= 4 is 23.3 Å². The van der Waals surface area contributed by atoms with Crippen LogP contribution in [0, 0.1) is 0 Å². The summed E-state index contributed by atoms with van der Waals surface area (Å²) in [4.78, 5) is 4.06. The van der Waals surface area contributed by atoms with Gasteiger partial charge in [-0.25, -0.2) is 0 Å². The van der Waals surface area contributed by atoms with Crippen molar-refractivity contribution in [2.24, 2.45) is 5.16 Å². The van der Waals surface area contributed by atoms with Crippen molar-refractivity contribution in [3.05, 3.63) is 30.1 Å². The average molecular weight is 180 g/mol. The zero-order valence-electron chi connectivity index (χ0n) is 6.34. The Bertz CT molecular complexity index is 284. The Morgan fingerprint density at radius 1 is 1.67 bits per heavy atom. The summed E-state index contributed by atoms with van der Waals surface area (Å²) >= 11 is 4.63. The lowest BCUT2D eigenvalue weighted by Gasteiger charge is -1.96. The van der Waals surface area contributed by atoms with Crippen molar-refractivity contribution in [3.63, 3.8) is 0 Å². The van der Waals surface area contributed by atoms with Gasteiger partial charge in [0.05, 0.1) is 5.71 Å². The number of pyridine rings is 1. The molecule has 0 aliphatic carbocycles. The van der Waals surface area contributed by atoms with Gasteiger partial charge in [0.25, 0.3) is 0 Å². The average Bonchev–Trinajstić information content (AvgIpc) is 2.16. The Labute approximate surface area is 75.7 Å². The molecule has 0 aliphatic rings. The van der Waals surface area contributed by atoms with Crippen LogP contribution >= 0.6 is 12.2 Å². The minimum Gasteiger partial charge on any atom is -0.411 e. The third kappa shape index (κ3) is 2.39. The first-order valence-electron chi connectivity index (χ1n) is 3.43. The highest BCUT2D eigenvalue weighted by atomic mass is 32.1. The molecule has 1 aromatic rings. The van der Waals surface area contributed by atoms with Crippen molar-refractivity contribution in [1.29, 1.82) is 0 Å². The Hall–Kier alpha value is -1.29.